The van der Waals surface area contributed by atoms with Gasteiger partial charge in [0.15, 0.2) is 24.3 Å². The lowest BCUT2D eigenvalue weighted by atomic mass is 10.0. The van der Waals surface area contributed by atoms with Gasteiger partial charge in [0.1, 0.15) is 0 Å². The molecule has 0 N–H and O–H groups in total. The standard InChI is InChI=1S/C13H28O4S2/c1-5-8-9-10-11-12(4)13(18(14,15)6-2)19(16,17)7-3/h12-13H,5-11H2,1-4H3/t12-/m0/s1. The first kappa shape index (κ1) is 18.9. The molecule has 0 aromatic carbocycles. The summed E-state index contributed by atoms with van der Waals surface area (Å²) in [7, 11) is -7.12. The molecule has 4 nitrogen and oxygen atoms in total. The summed E-state index contributed by atoms with van der Waals surface area (Å²) in [6.45, 7) is 6.88. The zero-order valence-electron chi connectivity index (χ0n) is 12.6. The minimum Gasteiger partial charge on any atom is -0.227 e. The van der Waals surface area contributed by atoms with E-state index in [9.17, 15) is 16.8 Å². The van der Waals surface area contributed by atoms with Crippen LogP contribution in [0, 0.1) is 5.92 Å². The van der Waals surface area contributed by atoms with Gasteiger partial charge in [0.2, 0.25) is 0 Å². The molecule has 0 amide bonds. The lowest BCUT2D eigenvalue weighted by Crippen LogP contribution is -2.38. The monoisotopic (exact) mass is 312 g/mol. The van der Waals surface area contributed by atoms with Gasteiger partial charge < -0.3 is 0 Å². The summed E-state index contributed by atoms with van der Waals surface area (Å²) in [5.41, 5.74) is 0. The fourth-order valence-corrected chi connectivity index (χ4v) is 7.24. The van der Waals surface area contributed by atoms with Crippen LogP contribution in [0.4, 0.5) is 0 Å². The van der Waals surface area contributed by atoms with Gasteiger partial charge >= 0.3 is 0 Å². The van der Waals surface area contributed by atoms with Crippen molar-refractivity contribution in [3.63, 3.8) is 0 Å². The molecule has 1 atom stereocenters. The Morgan fingerprint density at radius 2 is 1.26 bits per heavy atom. The SMILES string of the molecule is CCCCCC[C@H](C)C(S(=O)(=O)CC)S(=O)(=O)CC. The Bertz CT molecular complexity index is 403. The number of unbranched alkanes of at least 4 members (excludes halogenated alkanes) is 3. The maximum absolute atomic E-state index is 12.1. The quantitative estimate of drug-likeness (QED) is 0.582. The van der Waals surface area contributed by atoms with Crippen LogP contribution in [0.25, 0.3) is 0 Å². The highest BCUT2D eigenvalue weighted by atomic mass is 32.3. The van der Waals surface area contributed by atoms with Gasteiger partial charge in [-0.3, -0.25) is 0 Å². The third-order valence-electron chi connectivity index (χ3n) is 3.49. The fourth-order valence-electron chi connectivity index (χ4n) is 2.29. The van der Waals surface area contributed by atoms with E-state index in [-0.39, 0.29) is 17.4 Å². The van der Waals surface area contributed by atoms with Gasteiger partial charge in [0.25, 0.3) is 0 Å². The first-order valence-corrected chi connectivity index (χ1v) is 10.6. The average molecular weight is 312 g/mol. The van der Waals surface area contributed by atoms with Gasteiger partial charge in [-0.15, -0.1) is 0 Å². The summed E-state index contributed by atoms with van der Waals surface area (Å²) >= 11 is 0. The molecule has 6 heteroatoms. The average Bonchev–Trinajstić information content (AvgIpc) is 2.34. The second kappa shape index (κ2) is 8.25. The third kappa shape index (κ3) is 5.81. The first-order chi connectivity index (χ1) is 8.72. The Labute approximate surface area is 118 Å². The van der Waals surface area contributed by atoms with Crippen LogP contribution in [0.5, 0.6) is 0 Å². The highest BCUT2D eigenvalue weighted by Crippen LogP contribution is 2.25. The Kier molecular flexibility index (Phi) is 8.20. The number of rotatable bonds is 10. The molecule has 0 saturated heterocycles. The molecule has 0 heterocycles. The number of sulfone groups is 2. The van der Waals surface area contributed by atoms with Crippen LogP contribution in [-0.2, 0) is 19.7 Å². The molecule has 0 radical (unpaired) electrons. The van der Waals surface area contributed by atoms with Crippen molar-refractivity contribution in [3.05, 3.63) is 0 Å². The van der Waals surface area contributed by atoms with E-state index < -0.39 is 24.3 Å². The fraction of sp³-hybridized carbons (Fsp3) is 1.00. The molecule has 0 aromatic heterocycles. The van der Waals surface area contributed by atoms with E-state index in [2.05, 4.69) is 6.92 Å². The zero-order valence-corrected chi connectivity index (χ0v) is 14.2. The van der Waals surface area contributed by atoms with Crippen molar-refractivity contribution in [1.29, 1.82) is 0 Å². The summed E-state index contributed by atoms with van der Waals surface area (Å²) in [6.07, 6.45) is 4.80. The minimum absolute atomic E-state index is 0.115. The van der Waals surface area contributed by atoms with E-state index in [1.807, 2.05) is 0 Å². The van der Waals surface area contributed by atoms with E-state index in [1.165, 1.54) is 13.8 Å². The second-order valence-corrected chi connectivity index (χ2v) is 10.2. The van der Waals surface area contributed by atoms with Crippen molar-refractivity contribution in [3.8, 4) is 0 Å². The van der Waals surface area contributed by atoms with Gasteiger partial charge in [-0.1, -0.05) is 53.4 Å². The Morgan fingerprint density at radius 1 is 0.789 bits per heavy atom. The van der Waals surface area contributed by atoms with Gasteiger partial charge in [-0.05, 0) is 12.3 Å². The first-order valence-electron chi connectivity index (χ1n) is 7.16. The molecule has 0 aromatic rings. The summed E-state index contributed by atoms with van der Waals surface area (Å²) in [5, 5.41) is 0. The molecule has 0 unspecified atom stereocenters. The van der Waals surface area contributed by atoms with Gasteiger partial charge in [-0.2, -0.15) is 0 Å². The summed E-state index contributed by atoms with van der Waals surface area (Å²) < 4.78 is 47.0. The second-order valence-electron chi connectivity index (χ2n) is 5.10. The molecule has 0 rings (SSSR count). The van der Waals surface area contributed by atoms with E-state index in [4.69, 9.17) is 0 Å². The molecule has 19 heavy (non-hydrogen) atoms. The smallest absolute Gasteiger partial charge is 0.167 e. The molecular formula is C13H28O4S2. The maximum Gasteiger partial charge on any atom is 0.167 e. The Morgan fingerprint density at radius 3 is 1.63 bits per heavy atom. The topological polar surface area (TPSA) is 68.3 Å². The highest BCUT2D eigenvalue weighted by Gasteiger charge is 2.39. The van der Waals surface area contributed by atoms with E-state index in [0.29, 0.717) is 6.42 Å². The summed E-state index contributed by atoms with van der Waals surface area (Å²) in [4.78, 5) is 0. The van der Waals surface area contributed by atoms with Crippen LogP contribution in [0.2, 0.25) is 0 Å². The van der Waals surface area contributed by atoms with Crippen molar-refractivity contribution in [1.82, 2.24) is 0 Å². The summed E-state index contributed by atoms with van der Waals surface area (Å²) in [6, 6.07) is 0. The lowest BCUT2D eigenvalue weighted by Gasteiger charge is -2.23. The van der Waals surface area contributed by atoms with E-state index in [0.717, 1.165) is 25.7 Å². The molecule has 116 valence electrons. The van der Waals surface area contributed by atoms with Gasteiger partial charge in [-0.25, -0.2) is 16.8 Å². The third-order valence-corrected chi connectivity index (χ3v) is 9.20. The van der Waals surface area contributed by atoms with E-state index in [1.54, 1.807) is 6.92 Å². The van der Waals surface area contributed by atoms with Crippen LogP contribution in [-0.4, -0.2) is 32.9 Å². The molecule has 0 fully saturated rings. The molecular weight excluding hydrogens is 284 g/mol. The van der Waals surface area contributed by atoms with Crippen LogP contribution < -0.4 is 0 Å². The molecule has 0 aliphatic rings. The normalized spacial score (nSPS) is 14.8. The predicted octanol–water partition coefficient (Wildman–Crippen LogP) is 2.79. The zero-order chi connectivity index (χ0) is 15.1. The number of hydrogen-bond acceptors (Lipinski definition) is 4. The minimum atomic E-state index is -3.56. The molecule has 0 saturated carbocycles. The van der Waals surface area contributed by atoms with Crippen molar-refractivity contribution in [2.24, 2.45) is 5.92 Å². The van der Waals surface area contributed by atoms with Crippen molar-refractivity contribution >= 4 is 19.7 Å². The van der Waals surface area contributed by atoms with Crippen LogP contribution in [0.3, 0.4) is 0 Å². The Hall–Kier alpha value is -0.100. The highest BCUT2D eigenvalue weighted by molar-refractivity contribution is 8.09. The van der Waals surface area contributed by atoms with Crippen LogP contribution >= 0.6 is 0 Å². The molecule has 0 spiro atoms. The van der Waals surface area contributed by atoms with Crippen molar-refractivity contribution in [2.75, 3.05) is 11.5 Å². The molecule has 0 aliphatic heterocycles. The Balaban J connectivity index is 4.97. The lowest BCUT2D eigenvalue weighted by molar-refractivity contribution is 0.483. The summed E-state index contributed by atoms with van der Waals surface area (Å²) in [5.74, 6) is -0.557. The van der Waals surface area contributed by atoms with Crippen LogP contribution in [0.15, 0.2) is 0 Å². The van der Waals surface area contributed by atoms with E-state index >= 15 is 0 Å². The van der Waals surface area contributed by atoms with Crippen LogP contribution in [0.1, 0.15) is 59.8 Å². The van der Waals surface area contributed by atoms with Crippen molar-refractivity contribution in [2.45, 2.75) is 64.4 Å². The van der Waals surface area contributed by atoms with Gasteiger partial charge in [0.05, 0.1) is 0 Å². The predicted molar refractivity (Wildman–Crippen MR) is 80.6 cm³/mol. The van der Waals surface area contributed by atoms with Crippen molar-refractivity contribution < 1.29 is 16.8 Å². The maximum atomic E-state index is 12.1. The molecule has 0 bridgehead atoms. The van der Waals surface area contributed by atoms with Gasteiger partial charge in [0, 0.05) is 11.5 Å². The largest absolute Gasteiger partial charge is 0.227 e. The molecule has 0 aliphatic carbocycles. The number of hydrogen-bond donors (Lipinski definition) is 0.